The molecule has 2 aromatic carbocycles. The van der Waals surface area contributed by atoms with Gasteiger partial charge in [0.05, 0.1) is 11.3 Å². The molecule has 0 saturated carbocycles. The van der Waals surface area contributed by atoms with Crippen LogP contribution in [0.25, 0.3) is 0 Å². The quantitative estimate of drug-likeness (QED) is 0.868. The second-order valence-corrected chi connectivity index (χ2v) is 5.30. The van der Waals surface area contributed by atoms with E-state index in [2.05, 4.69) is 49.5 Å². The summed E-state index contributed by atoms with van der Waals surface area (Å²) >= 11 is 0. The summed E-state index contributed by atoms with van der Waals surface area (Å²) < 4.78 is 0. The maximum atomic E-state index is 9.12. The smallest absolute Gasteiger partial charge is 0.101 e. The molecule has 0 aromatic heterocycles. The van der Waals surface area contributed by atoms with Gasteiger partial charge in [-0.2, -0.15) is 5.26 Å². The summed E-state index contributed by atoms with van der Waals surface area (Å²) in [5, 5.41) is 12.5. The van der Waals surface area contributed by atoms with Gasteiger partial charge in [0.15, 0.2) is 0 Å². The molecule has 1 atom stereocenters. The molecule has 1 unspecified atom stereocenters. The van der Waals surface area contributed by atoms with Crippen molar-refractivity contribution in [2.24, 2.45) is 5.92 Å². The van der Waals surface area contributed by atoms with Gasteiger partial charge in [-0.3, -0.25) is 0 Å². The van der Waals surface area contributed by atoms with Crippen LogP contribution in [0.3, 0.4) is 0 Å². The van der Waals surface area contributed by atoms with Crippen molar-refractivity contribution < 1.29 is 0 Å². The number of rotatable bonds is 5. The molecule has 2 aromatic rings. The summed E-state index contributed by atoms with van der Waals surface area (Å²) in [7, 11) is 0. The van der Waals surface area contributed by atoms with Crippen LogP contribution in [0, 0.1) is 17.2 Å². The highest BCUT2D eigenvalue weighted by atomic mass is 14.9. The monoisotopic (exact) mass is 264 g/mol. The highest BCUT2D eigenvalue weighted by molar-refractivity contribution is 5.57. The molecule has 0 spiro atoms. The summed E-state index contributed by atoms with van der Waals surface area (Å²) in [5.74, 6) is 0.974. The Bertz CT molecular complexity index is 582. The molecule has 0 bridgehead atoms. The first kappa shape index (κ1) is 14.1. The lowest BCUT2D eigenvalue weighted by Gasteiger charge is -2.22. The zero-order chi connectivity index (χ0) is 14.4. The molecule has 0 fully saturated rings. The number of anilines is 1. The van der Waals surface area contributed by atoms with Crippen LogP contribution in [0.4, 0.5) is 5.69 Å². The van der Waals surface area contributed by atoms with Gasteiger partial charge in [0.2, 0.25) is 0 Å². The van der Waals surface area contributed by atoms with Gasteiger partial charge in [-0.25, -0.2) is 0 Å². The van der Waals surface area contributed by atoms with E-state index >= 15 is 0 Å². The van der Waals surface area contributed by atoms with E-state index in [1.165, 1.54) is 5.56 Å². The van der Waals surface area contributed by atoms with Crippen LogP contribution in [-0.2, 0) is 0 Å². The Labute approximate surface area is 121 Å². The van der Waals surface area contributed by atoms with E-state index in [1.807, 2.05) is 30.3 Å². The molecule has 0 saturated heterocycles. The number of nitrogens with one attached hydrogen (secondary N) is 1. The van der Waals surface area contributed by atoms with E-state index in [-0.39, 0.29) is 0 Å². The fraction of sp³-hybridized carbons (Fsp3) is 0.278. The Hall–Kier alpha value is -2.27. The number of hydrogen-bond acceptors (Lipinski definition) is 2. The minimum Gasteiger partial charge on any atom is -0.383 e. The molecule has 20 heavy (non-hydrogen) atoms. The standard InChI is InChI=1S/C18H20N2/c1-14(2)17(15-8-4-3-5-9-15)13-20-18-11-7-6-10-16(18)12-19/h3-11,14,17,20H,13H2,1-2H3. The van der Waals surface area contributed by atoms with Crippen LogP contribution in [0.1, 0.15) is 30.9 Å². The van der Waals surface area contributed by atoms with Gasteiger partial charge in [-0.05, 0) is 23.6 Å². The van der Waals surface area contributed by atoms with Crippen molar-refractivity contribution in [3.05, 3.63) is 65.7 Å². The minimum absolute atomic E-state index is 0.433. The molecule has 102 valence electrons. The Morgan fingerprint density at radius 3 is 2.30 bits per heavy atom. The van der Waals surface area contributed by atoms with Crippen molar-refractivity contribution in [1.29, 1.82) is 5.26 Å². The fourth-order valence-electron chi connectivity index (χ4n) is 2.39. The summed E-state index contributed by atoms with van der Waals surface area (Å²) in [4.78, 5) is 0. The number of nitrogens with zero attached hydrogens (tertiary/aromatic N) is 1. The summed E-state index contributed by atoms with van der Waals surface area (Å²) in [6.45, 7) is 5.30. The van der Waals surface area contributed by atoms with Crippen LogP contribution in [0.2, 0.25) is 0 Å². The van der Waals surface area contributed by atoms with Gasteiger partial charge in [-0.15, -0.1) is 0 Å². The third-order valence-corrected chi connectivity index (χ3v) is 3.59. The lowest BCUT2D eigenvalue weighted by molar-refractivity contribution is 0.517. The molecular formula is C18H20N2. The lowest BCUT2D eigenvalue weighted by atomic mass is 9.88. The zero-order valence-electron chi connectivity index (χ0n) is 12.0. The largest absolute Gasteiger partial charge is 0.383 e. The van der Waals surface area contributed by atoms with Gasteiger partial charge in [0.25, 0.3) is 0 Å². The molecule has 0 radical (unpaired) electrons. The van der Waals surface area contributed by atoms with Crippen molar-refractivity contribution in [3.8, 4) is 6.07 Å². The summed E-state index contributed by atoms with van der Waals surface area (Å²) in [5.41, 5.74) is 2.95. The van der Waals surface area contributed by atoms with Gasteiger partial charge in [0.1, 0.15) is 6.07 Å². The van der Waals surface area contributed by atoms with Crippen molar-refractivity contribution in [3.63, 3.8) is 0 Å². The molecular weight excluding hydrogens is 244 g/mol. The second kappa shape index (κ2) is 6.77. The fourth-order valence-corrected chi connectivity index (χ4v) is 2.39. The van der Waals surface area contributed by atoms with Crippen LogP contribution in [0.5, 0.6) is 0 Å². The number of benzene rings is 2. The van der Waals surface area contributed by atoms with E-state index in [4.69, 9.17) is 5.26 Å². The normalized spacial score (nSPS) is 11.9. The first-order chi connectivity index (χ1) is 9.72. The molecule has 0 aliphatic rings. The van der Waals surface area contributed by atoms with Gasteiger partial charge in [0, 0.05) is 12.5 Å². The first-order valence-electron chi connectivity index (χ1n) is 7.00. The highest BCUT2D eigenvalue weighted by Crippen LogP contribution is 2.25. The summed E-state index contributed by atoms with van der Waals surface area (Å²) in [6.07, 6.45) is 0. The highest BCUT2D eigenvalue weighted by Gasteiger charge is 2.15. The lowest BCUT2D eigenvalue weighted by Crippen LogP contribution is -2.18. The number of nitriles is 1. The molecule has 0 aliphatic carbocycles. The van der Waals surface area contributed by atoms with Crippen molar-refractivity contribution in [1.82, 2.24) is 0 Å². The Kier molecular flexibility index (Phi) is 4.79. The third kappa shape index (κ3) is 3.39. The number of hydrogen-bond donors (Lipinski definition) is 1. The van der Waals surface area contributed by atoms with Crippen LogP contribution >= 0.6 is 0 Å². The molecule has 0 aliphatic heterocycles. The Balaban J connectivity index is 2.13. The molecule has 2 nitrogen and oxygen atoms in total. The Morgan fingerprint density at radius 1 is 1.00 bits per heavy atom. The minimum atomic E-state index is 0.433. The number of para-hydroxylation sites is 1. The van der Waals surface area contributed by atoms with Crippen LogP contribution in [-0.4, -0.2) is 6.54 Å². The maximum Gasteiger partial charge on any atom is 0.101 e. The van der Waals surface area contributed by atoms with Crippen LogP contribution < -0.4 is 5.32 Å². The van der Waals surface area contributed by atoms with E-state index < -0.39 is 0 Å². The van der Waals surface area contributed by atoms with E-state index in [1.54, 1.807) is 0 Å². The van der Waals surface area contributed by atoms with Crippen LogP contribution in [0.15, 0.2) is 54.6 Å². The maximum absolute atomic E-state index is 9.12. The van der Waals surface area contributed by atoms with Gasteiger partial charge < -0.3 is 5.32 Å². The van der Waals surface area contributed by atoms with Crippen molar-refractivity contribution >= 4 is 5.69 Å². The molecule has 2 rings (SSSR count). The van der Waals surface area contributed by atoms with Gasteiger partial charge in [-0.1, -0.05) is 56.3 Å². The molecule has 2 heteroatoms. The first-order valence-corrected chi connectivity index (χ1v) is 7.00. The SMILES string of the molecule is CC(C)C(CNc1ccccc1C#N)c1ccccc1. The van der Waals surface area contributed by atoms with E-state index in [9.17, 15) is 0 Å². The Morgan fingerprint density at radius 2 is 1.65 bits per heavy atom. The molecule has 0 amide bonds. The summed E-state index contributed by atoms with van der Waals surface area (Å²) in [6, 6.07) is 20.4. The van der Waals surface area contributed by atoms with E-state index in [0.717, 1.165) is 12.2 Å². The predicted molar refractivity (Wildman–Crippen MR) is 83.7 cm³/mol. The van der Waals surface area contributed by atoms with E-state index in [0.29, 0.717) is 17.4 Å². The van der Waals surface area contributed by atoms with Crippen molar-refractivity contribution in [2.45, 2.75) is 19.8 Å². The molecule has 1 N–H and O–H groups in total. The second-order valence-electron chi connectivity index (χ2n) is 5.30. The topological polar surface area (TPSA) is 35.8 Å². The zero-order valence-corrected chi connectivity index (χ0v) is 12.0. The third-order valence-electron chi connectivity index (χ3n) is 3.59. The average molecular weight is 264 g/mol. The predicted octanol–water partition coefficient (Wildman–Crippen LogP) is 4.41. The van der Waals surface area contributed by atoms with Crippen molar-refractivity contribution in [2.75, 3.05) is 11.9 Å². The molecule has 0 heterocycles. The average Bonchev–Trinajstić information content (AvgIpc) is 2.48. The van der Waals surface area contributed by atoms with Gasteiger partial charge >= 0.3 is 0 Å².